The number of sulfone groups is 1. The summed E-state index contributed by atoms with van der Waals surface area (Å²) in [5.41, 5.74) is 0.877. The van der Waals surface area contributed by atoms with Crippen molar-refractivity contribution in [3.05, 3.63) is 24.0 Å². The molecule has 0 spiro atoms. The molecule has 1 saturated heterocycles. The Morgan fingerprint density at radius 1 is 1.45 bits per heavy atom. The van der Waals surface area contributed by atoms with Crippen LogP contribution in [0.1, 0.15) is 37.8 Å². The topological polar surface area (TPSA) is 68.3 Å². The minimum atomic E-state index is -3.04. The summed E-state index contributed by atoms with van der Waals surface area (Å²) in [6.07, 6.45) is 5.79. The molecule has 2 atom stereocenters. The van der Waals surface area contributed by atoms with Crippen molar-refractivity contribution >= 4 is 9.84 Å². The molecule has 1 N–H and O–H groups in total. The molecule has 0 amide bonds. The van der Waals surface area contributed by atoms with Crippen molar-refractivity contribution in [2.45, 2.75) is 37.5 Å². The van der Waals surface area contributed by atoms with Crippen molar-refractivity contribution < 1.29 is 13.2 Å². The van der Waals surface area contributed by atoms with Gasteiger partial charge in [-0.2, -0.15) is 0 Å². The molecule has 2 heterocycles. The highest BCUT2D eigenvalue weighted by Gasteiger charge is 2.36. The minimum Gasteiger partial charge on any atom is -0.495 e. The van der Waals surface area contributed by atoms with E-state index in [0.29, 0.717) is 18.7 Å². The molecule has 0 bridgehead atoms. The molecule has 20 heavy (non-hydrogen) atoms. The van der Waals surface area contributed by atoms with Crippen LogP contribution in [0.3, 0.4) is 0 Å². The van der Waals surface area contributed by atoms with Gasteiger partial charge < -0.3 is 10.1 Å². The van der Waals surface area contributed by atoms with Gasteiger partial charge in [-0.15, -0.1) is 0 Å². The van der Waals surface area contributed by atoms with Crippen LogP contribution < -0.4 is 10.1 Å². The highest BCUT2D eigenvalue weighted by molar-refractivity contribution is 7.92. The maximum atomic E-state index is 12.3. The third-order valence-corrected chi connectivity index (χ3v) is 6.04. The number of aromatic nitrogens is 1. The highest BCUT2D eigenvalue weighted by atomic mass is 32.2. The first-order valence-corrected chi connectivity index (χ1v) is 8.74. The number of nitrogens with one attached hydrogen (secondary N) is 1. The summed E-state index contributed by atoms with van der Waals surface area (Å²) < 4.78 is 29.9. The van der Waals surface area contributed by atoms with Gasteiger partial charge in [-0.3, -0.25) is 4.98 Å². The molecule has 1 aliphatic heterocycles. The maximum absolute atomic E-state index is 12.3. The van der Waals surface area contributed by atoms with E-state index in [1.807, 2.05) is 13.0 Å². The van der Waals surface area contributed by atoms with Crippen LogP contribution in [0.5, 0.6) is 5.75 Å². The molecular formula is C14H22N2O3S. The van der Waals surface area contributed by atoms with Gasteiger partial charge in [0.1, 0.15) is 5.75 Å². The lowest BCUT2D eigenvalue weighted by atomic mass is 10.0. The van der Waals surface area contributed by atoms with E-state index in [1.165, 1.54) is 0 Å². The van der Waals surface area contributed by atoms with Gasteiger partial charge in [0.15, 0.2) is 9.84 Å². The molecule has 0 saturated carbocycles. The molecule has 6 heteroatoms. The highest BCUT2D eigenvalue weighted by Crippen LogP contribution is 2.31. The summed E-state index contributed by atoms with van der Waals surface area (Å²) in [5, 5.41) is 2.93. The van der Waals surface area contributed by atoms with Crippen LogP contribution in [0.25, 0.3) is 0 Å². The second-order valence-corrected chi connectivity index (χ2v) is 7.43. The zero-order chi connectivity index (χ0) is 14.6. The van der Waals surface area contributed by atoms with E-state index in [9.17, 15) is 8.42 Å². The molecule has 1 aromatic heterocycles. The Labute approximate surface area is 120 Å². The average Bonchev–Trinajstić information content (AvgIpc) is 2.45. The largest absolute Gasteiger partial charge is 0.495 e. The molecule has 0 aromatic carbocycles. The second kappa shape index (κ2) is 6.54. The van der Waals surface area contributed by atoms with E-state index in [2.05, 4.69) is 10.3 Å². The summed E-state index contributed by atoms with van der Waals surface area (Å²) >= 11 is 0. The first-order valence-electron chi connectivity index (χ1n) is 7.02. The van der Waals surface area contributed by atoms with Crippen LogP contribution in [0, 0.1) is 0 Å². The Hall–Kier alpha value is -1.14. The third-order valence-electron chi connectivity index (χ3n) is 3.75. The van der Waals surface area contributed by atoms with Crippen LogP contribution >= 0.6 is 0 Å². The summed E-state index contributed by atoms with van der Waals surface area (Å²) in [6.45, 7) is 2.70. The smallest absolute Gasteiger partial charge is 0.155 e. The van der Waals surface area contributed by atoms with Crippen molar-refractivity contribution in [1.82, 2.24) is 10.3 Å². The van der Waals surface area contributed by atoms with Gasteiger partial charge >= 0.3 is 0 Å². The molecular weight excluding hydrogens is 276 g/mol. The summed E-state index contributed by atoms with van der Waals surface area (Å²) in [6, 6.07) is 1.65. The van der Waals surface area contributed by atoms with Gasteiger partial charge in [0.05, 0.1) is 30.4 Å². The van der Waals surface area contributed by atoms with E-state index in [1.54, 1.807) is 19.5 Å². The SMILES string of the molecule is CCNC(c1cncc(OC)c1)C1CCCCS1(=O)=O. The standard InChI is InChI=1S/C14H22N2O3S/c1-3-16-14(11-8-12(19-2)10-15-9-11)13-6-4-5-7-20(13,17)18/h8-10,13-14,16H,3-7H2,1-2H3. The van der Waals surface area contributed by atoms with Crippen molar-refractivity contribution in [1.29, 1.82) is 0 Å². The number of pyridine rings is 1. The number of ether oxygens (including phenoxy) is 1. The maximum Gasteiger partial charge on any atom is 0.155 e. The van der Waals surface area contributed by atoms with E-state index < -0.39 is 9.84 Å². The van der Waals surface area contributed by atoms with Crippen LogP contribution in [-0.4, -0.2) is 38.1 Å². The van der Waals surface area contributed by atoms with Crippen molar-refractivity contribution in [2.24, 2.45) is 0 Å². The van der Waals surface area contributed by atoms with Gasteiger partial charge in [0, 0.05) is 6.20 Å². The molecule has 0 radical (unpaired) electrons. The quantitative estimate of drug-likeness (QED) is 0.896. The molecule has 1 aromatic rings. The first kappa shape index (κ1) is 15.3. The molecule has 5 nitrogen and oxygen atoms in total. The fraction of sp³-hybridized carbons (Fsp3) is 0.643. The zero-order valence-corrected chi connectivity index (χ0v) is 12.8. The zero-order valence-electron chi connectivity index (χ0n) is 12.0. The van der Waals surface area contributed by atoms with Gasteiger partial charge in [-0.05, 0) is 31.0 Å². The first-order chi connectivity index (χ1) is 9.58. The molecule has 2 unspecified atom stereocenters. The van der Waals surface area contributed by atoms with Crippen LogP contribution in [-0.2, 0) is 9.84 Å². The van der Waals surface area contributed by atoms with Gasteiger partial charge in [-0.25, -0.2) is 8.42 Å². The average molecular weight is 298 g/mol. The van der Waals surface area contributed by atoms with Crippen molar-refractivity contribution in [3.8, 4) is 5.75 Å². The monoisotopic (exact) mass is 298 g/mol. The van der Waals surface area contributed by atoms with Gasteiger partial charge in [0.25, 0.3) is 0 Å². The van der Waals surface area contributed by atoms with Gasteiger partial charge in [0.2, 0.25) is 0 Å². The van der Waals surface area contributed by atoms with Crippen molar-refractivity contribution in [2.75, 3.05) is 19.4 Å². The molecule has 1 fully saturated rings. The third kappa shape index (κ3) is 3.30. The molecule has 2 rings (SSSR count). The Balaban J connectivity index is 2.34. The van der Waals surface area contributed by atoms with Crippen molar-refractivity contribution in [3.63, 3.8) is 0 Å². The molecule has 0 aliphatic carbocycles. The Bertz CT molecular complexity index is 545. The van der Waals surface area contributed by atoms with Crippen LogP contribution in [0.2, 0.25) is 0 Å². The van der Waals surface area contributed by atoms with E-state index >= 15 is 0 Å². The summed E-state index contributed by atoms with van der Waals surface area (Å²) in [7, 11) is -1.46. The lowest BCUT2D eigenvalue weighted by Crippen LogP contribution is -2.40. The number of nitrogens with zero attached hydrogens (tertiary/aromatic N) is 1. The second-order valence-electron chi connectivity index (χ2n) is 5.09. The number of hydrogen-bond donors (Lipinski definition) is 1. The fourth-order valence-corrected chi connectivity index (χ4v) is 4.86. The lowest BCUT2D eigenvalue weighted by Gasteiger charge is -2.30. The predicted molar refractivity (Wildman–Crippen MR) is 78.6 cm³/mol. The molecule has 112 valence electrons. The Kier molecular flexibility index (Phi) is 4.99. The predicted octanol–water partition coefficient (Wildman–Crippen LogP) is 1.71. The number of rotatable bonds is 5. The van der Waals surface area contributed by atoms with Crippen LogP contribution in [0.4, 0.5) is 0 Å². The Morgan fingerprint density at radius 2 is 2.25 bits per heavy atom. The van der Waals surface area contributed by atoms with E-state index in [4.69, 9.17) is 4.74 Å². The van der Waals surface area contributed by atoms with Gasteiger partial charge in [-0.1, -0.05) is 13.3 Å². The number of methoxy groups -OCH3 is 1. The van der Waals surface area contributed by atoms with E-state index in [0.717, 1.165) is 18.4 Å². The van der Waals surface area contributed by atoms with Crippen LogP contribution in [0.15, 0.2) is 18.5 Å². The normalized spacial score (nSPS) is 23.2. The number of hydrogen-bond acceptors (Lipinski definition) is 5. The minimum absolute atomic E-state index is 0.215. The molecule has 1 aliphatic rings. The lowest BCUT2D eigenvalue weighted by molar-refractivity contribution is 0.408. The Morgan fingerprint density at radius 3 is 2.90 bits per heavy atom. The summed E-state index contributed by atoms with van der Waals surface area (Å²) in [4.78, 5) is 4.14. The summed E-state index contributed by atoms with van der Waals surface area (Å²) in [5.74, 6) is 0.940. The van der Waals surface area contributed by atoms with E-state index in [-0.39, 0.29) is 17.0 Å². The fourth-order valence-electron chi connectivity index (χ4n) is 2.75.